The molecule has 0 amide bonds. The predicted molar refractivity (Wildman–Crippen MR) is 81.7 cm³/mol. The van der Waals surface area contributed by atoms with E-state index in [1.807, 2.05) is 12.1 Å². The maximum absolute atomic E-state index is 11.3. The lowest BCUT2D eigenvalue weighted by atomic mass is 10.0. The van der Waals surface area contributed by atoms with E-state index in [2.05, 4.69) is 0 Å². The van der Waals surface area contributed by atoms with Crippen LogP contribution in [0.4, 0.5) is 11.4 Å². The standard InChI is InChI=1S/C16H8N2O4/c19-17(20)10-7-9-3-1-4-11-12-5-2-6-14(18(21)22)16(12)13(8-10)15(9)11/h1-8H. The molecular formula is C16H8N2O4. The van der Waals surface area contributed by atoms with Crippen LogP contribution in [0.1, 0.15) is 0 Å². The summed E-state index contributed by atoms with van der Waals surface area (Å²) in [6.07, 6.45) is 0. The normalized spacial score (nSPS) is 11.5. The summed E-state index contributed by atoms with van der Waals surface area (Å²) in [5.41, 5.74) is 2.54. The van der Waals surface area contributed by atoms with Gasteiger partial charge in [-0.05, 0) is 21.9 Å². The third-order valence-electron chi connectivity index (χ3n) is 3.97. The Morgan fingerprint density at radius 3 is 2.23 bits per heavy atom. The summed E-state index contributed by atoms with van der Waals surface area (Å²) >= 11 is 0. The number of nitro benzene ring substituents is 2. The zero-order chi connectivity index (χ0) is 15.4. The van der Waals surface area contributed by atoms with Crippen molar-refractivity contribution in [1.82, 2.24) is 0 Å². The number of benzene rings is 3. The van der Waals surface area contributed by atoms with Gasteiger partial charge in [0.2, 0.25) is 0 Å². The molecule has 3 aromatic carbocycles. The molecule has 6 nitrogen and oxygen atoms in total. The highest BCUT2D eigenvalue weighted by molar-refractivity contribution is 6.17. The van der Waals surface area contributed by atoms with Crippen LogP contribution in [0.15, 0.2) is 48.5 Å². The van der Waals surface area contributed by atoms with Gasteiger partial charge in [0.25, 0.3) is 11.4 Å². The van der Waals surface area contributed by atoms with Crippen molar-refractivity contribution in [3.63, 3.8) is 0 Å². The second-order valence-electron chi connectivity index (χ2n) is 5.11. The highest BCUT2D eigenvalue weighted by atomic mass is 16.6. The van der Waals surface area contributed by atoms with Crippen LogP contribution in [0.25, 0.3) is 33.0 Å². The van der Waals surface area contributed by atoms with Gasteiger partial charge in [-0.25, -0.2) is 0 Å². The molecule has 1 aliphatic rings. The lowest BCUT2D eigenvalue weighted by molar-refractivity contribution is -0.384. The Balaban J connectivity index is 2.21. The molecule has 0 saturated carbocycles. The quantitative estimate of drug-likeness (QED) is 0.407. The second kappa shape index (κ2) is 4.11. The molecular weight excluding hydrogens is 284 g/mol. The minimum Gasteiger partial charge on any atom is -0.258 e. The van der Waals surface area contributed by atoms with Crippen LogP contribution in [0.5, 0.6) is 0 Å². The summed E-state index contributed by atoms with van der Waals surface area (Å²) in [6.45, 7) is 0. The van der Waals surface area contributed by atoms with Gasteiger partial charge in [0.15, 0.2) is 0 Å². The van der Waals surface area contributed by atoms with Gasteiger partial charge in [-0.3, -0.25) is 20.2 Å². The summed E-state index contributed by atoms with van der Waals surface area (Å²) in [5.74, 6) is 0. The summed E-state index contributed by atoms with van der Waals surface area (Å²) in [4.78, 5) is 21.5. The van der Waals surface area contributed by atoms with Crippen molar-refractivity contribution < 1.29 is 9.85 Å². The third kappa shape index (κ3) is 1.49. The first kappa shape index (κ1) is 12.5. The molecule has 4 rings (SSSR count). The Morgan fingerprint density at radius 1 is 0.773 bits per heavy atom. The average molecular weight is 292 g/mol. The molecule has 0 fully saturated rings. The summed E-state index contributed by atoms with van der Waals surface area (Å²) in [6, 6.07) is 13.3. The maximum Gasteiger partial charge on any atom is 0.277 e. The van der Waals surface area contributed by atoms with E-state index in [4.69, 9.17) is 0 Å². The smallest absolute Gasteiger partial charge is 0.258 e. The van der Waals surface area contributed by atoms with Gasteiger partial charge in [-0.1, -0.05) is 30.3 Å². The Kier molecular flexibility index (Phi) is 2.33. The van der Waals surface area contributed by atoms with Crippen molar-refractivity contribution in [3.05, 3.63) is 68.8 Å². The number of hydrogen-bond donors (Lipinski definition) is 0. The minimum atomic E-state index is -0.477. The highest BCUT2D eigenvalue weighted by Gasteiger charge is 2.30. The van der Waals surface area contributed by atoms with Crippen LogP contribution in [-0.4, -0.2) is 9.85 Å². The van der Waals surface area contributed by atoms with Gasteiger partial charge < -0.3 is 0 Å². The molecule has 0 heterocycles. The molecule has 3 aromatic rings. The second-order valence-corrected chi connectivity index (χ2v) is 5.11. The fourth-order valence-electron chi connectivity index (χ4n) is 3.14. The molecule has 6 heteroatoms. The average Bonchev–Trinajstić information content (AvgIpc) is 2.83. The molecule has 0 aliphatic heterocycles. The zero-order valence-electron chi connectivity index (χ0n) is 11.1. The number of nitro groups is 2. The number of rotatable bonds is 2. The van der Waals surface area contributed by atoms with Crippen LogP contribution >= 0.6 is 0 Å². The predicted octanol–water partition coefficient (Wildman–Crippen LogP) is 4.30. The molecule has 0 aromatic heterocycles. The monoisotopic (exact) mass is 292 g/mol. The molecule has 0 N–H and O–H groups in total. The summed E-state index contributed by atoms with van der Waals surface area (Å²) in [7, 11) is 0. The molecule has 22 heavy (non-hydrogen) atoms. The molecule has 1 aliphatic carbocycles. The van der Waals surface area contributed by atoms with Gasteiger partial charge >= 0.3 is 0 Å². The van der Waals surface area contributed by atoms with E-state index in [-0.39, 0.29) is 11.4 Å². The topological polar surface area (TPSA) is 86.3 Å². The fourth-order valence-corrected chi connectivity index (χ4v) is 3.14. The van der Waals surface area contributed by atoms with Gasteiger partial charge in [-0.15, -0.1) is 0 Å². The van der Waals surface area contributed by atoms with Crippen molar-refractivity contribution in [2.24, 2.45) is 0 Å². The Bertz CT molecular complexity index is 995. The fraction of sp³-hybridized carbons (Fsp3) is 0. The van der Waals surface area contributed by atoms with Crippen molar-refractivity contribution in [2.75, 3.05) is 0 Å². The van der Waals surface area contributed by atoms with E-state index in [1.165, 1.54) is 18.2 Å². The van der Waals surface area contributed by atoms with Gasteiger partial charge in [0.1, 0.15) is 0 Å². The van der Waals surface area contributed by atoms with E-state index in [0.717, 1.165) is 16.5 Å². The van der Waals surface area contributed by atoms with Crippen molar-refractivity contribution in [3.8, 4) is 22.3 Å². The number of non-ortho nitro benzene ring substituents is 1. The van der Waals surface area contributed by atoms with Crippen LogP contribution in [0.2, 0.25) is 0 Å². The molecule has 0 bridgehead atoms. The number of fused-ring (bicyclic) bond motifs is 3. The van der Waals surface area contributed by atoms with E-state index in [9.17, 15) is 20.2 Å². The SMILES string of the molecule is O=[N+]([O-])c1cc2c3c(cccc3c1)-c1cccc([N+](=O)[O-])c1-2. The first-order valence-corrected chi connectivity index (χ1v) is 6.57. The molecule has 0 spiro atoms. The van der Waals surface area contributed by atoms with E-state index in [0.29, 0.717) is 16.5 Å². The first-order valence-electron chi connectivity index (χ1n) is 6.57. The van der Waals surface area contributed by atoms with E-state index >= 15 is 0 Å². The molecule has 0 atom stereocenters. The zero-order valence-corrected chi connectivity index (χ0v) is 11.1. The largest absolute Gasteiger partial charge is 0.277 e. The van der Waals surface area contributed by atoms with E-state index < -0.39 is 9.85 Å². The van der Waals surface area contributed by atoms with Crippen molar-refractivity contribution >= 4 is 22.1 Å². The van der Waals surface area contributed by atoms with Crippen molar-refractivity contribution in [2.45, 2.75) is 0 Å². The van der Waals surface area contributed by atoms with Crippen LogP contribution in [0, 0.1) is 20.2 Å². The first-order chi connectivity index (χ1) is 10.6. The Labute approximate surface area is 123 Å². The Morgan fingerprint density at radius 2 is 1.50 bits per heavy atom. The van der Waals surface area contributed by atoms with E-state index in [1.54, 1.807) is 18.2 Å². The van der Waals surface area contributed by atoms with Crippen LogP contribution in [-0.2, 0) is 0 Å². The van der Waals surface area contributed by atoms with Gasteiger partial charge in [0, 0.05) is 23.8 Å². The lowest BCUT2D eigenvalue weighted by Crippen LogP contribution is -1.92. The minimum absolute atomic E-state index is 0.0319. The number of hydrogen-bond acceptors (Lipinski definition) is 4. The van der Waals surface area contributed by atoms with Crippen LogP contribution < -0.4 is 0 Å². The maximum atomic E-state index is 11.3. The molecule has 0 radical (unpaired) electrons. The lowest BCUT2D eigenvalue weighted by Gasteiger charge is -2.03. The molecule has 106 valence electrons. The van der Waals surface area contributed by atoms with Crippen LogP contribution in [0.3, 0.4) is 0 Å². The molecule has 0 unspecified atom stereocenters. The highest BCUT2D eigenvalue weighted by Crippen LogP contribution is 2.51. The number of nitrogens with zero attached hydrogens (tertiary/aromatic N) is 2. The van der Waals surface area contributed by atoms with Gasteiger partial charge in [-0.2, -0.15) is 0 Å². The van der Waals surface area contributed by atoms with Crippen molar-refractivity contribution in [1.29, 1.82) is 0 Å². The molecule has 0 saturated heterocycles. The summed E-state index contributed by atoms with van der Waals surface area (Å²) in [5, 5.41) is 24.0. The summed E-state index contributed by atoms with van der Waals surface area (Å²) < 4.78 is 0. The third-order valence-corrected chi connectivity index (χ3v) is 3.97. The van der Waals surface area contributed by atoms with Gasteiger partial charge in [0.05, 0.1) is 15.4 Å². The Hall–Kier alpha value is -3.28.